The van der Waals surface area contributed by atoms with E-state index in [9.17, 15) is 19.5 Å². The van der Waals surface area contributed by atoms with Gasteiger partial charge in [0.1, 0.15) is 5.41 Å². The monoisotopic (exact) mass is 348 g/mol. The molecule has 0 aromatic heterocycles. The van der Waals surface area contributed by atoms with Gasteiger partial charge in [0.2, 0.25) is 11.8 Å². The van der Waals surface area contributed by atoms with Crippen molar-refractivity contribution in [2.24, 2.45) is 0 Å². The zero-order valence-electron chi connectivity index (χ0n) is 15.2. The largest absolute Gasteiger partial charge is 0.481 e. The molecule has 0 radical (unpaired) electrons. The fraction of sp³-hybridized carbons (Fsp3) is 0.526. The van der Waals surface area contributed by atoms with Crippen LogP contribution in [0.1, 0.15) is 52.0 Å². The van der Waals surface area contributed by atoms with Crippen molar-refractivity contribution in [3.8, 4) is 0 Å². The van der Waals surface area contributed by atoms with E-state index in [4.69, 9.17) is 0 Å². The molecule has 138 valence electrons. The summed E-state index contributed by atoms with van der Waals surface area (Å²) in [6, 6.07) is 9.01. The van der Waals surface area contributed by atoms with E-state index in [0.717, 1.165) is 0 Å². The predicted octanol–water partition coefficient (Wildman–Crippen LogP) is 2.23. The van der Waals surface area contributed by atoms with Gasteiger partial charge < -0.3 is 15.7 Å². The van der Waals surface area contributed by atoms with E-state index in [1.54, 1.807) is 31.2 Å². The number of aliphatic carboxylic acids is 1. The molecule has 25 heavy (non-hydrogen) atoms. The van der Waals surface area contributed by atoms with Gasteiger partial charge in [-0.15, -0.1) is 0 Å². The highest BCUT2D eigenvalue weighted by molar-refractivity contribution is 5.84. The predicted molar refractivity (Wildman–Crippen MR) is 96.2 cm³/mol. The van der Waals surface area contributed by atoms with Crippen molar-refractivity contribution in [2.75, 3.05) is 6.54 Å². The lowest BCUT2D eigenvalue weighted by Gasteiger charge is -2.29. The van der Waals surface area contributed by atoms with Crippen LogP contribution < -0.4 is 10.6 Å². The first-order valence-corrected chi connectivity index (χ1v) is 8.66. The number of amides is 2. The molecule has 0 aliphatic carbocycles. The summed E-state index contributed by atoms with van der Waals surface area (Å²) in [7, 11) is 0. The summed E-state index contributed by atoms with van der Waals surface area (Å²) >= 11 is 0. The fourth-order valence-electron chi connectivity index (χ4n) is 2.68. The molecule has 0 bridgehead atoms. The molecule has 0 fully saturated rings. The van der Waals surface area contributed by atoms with Gasteiger partial charge in [0.05, 0.1) is 0 Å². The van der Waals surface area contributed by atoms with Crippen LogP contribution in [0.4, 0.5) is 0 Å². The molecule has 0 saturated heterocycles. The number of nitrogens with one attached hydrogen (secondary N) is 2. The van der Waals surface area contributed by atoms with E-state index in [0.29, 0.717) is 18.4 Å². The zero-order chi connectivity index (χ0) is 18.9. The third kappa shape index (κ3) is 6.21. The summed E-state index contributed by atoms with van der Waals surface area (Å²) in [5.41, 5.74) is -0.479. The molecule has 1 aromatic carbocycles. The third-order valence-electron chi connectivity index (χ3n) is 4.18. The number of carboxylic acids is 1. The van der Waals surface area contributed by atoms with Crippen molar-refractivity contribution in [1.82, 2.24) is 10.6 Å². The van der Waals surface area contributed by atoms with Crippen molar-refractivity contribution in [3.05, 3.63) is 35.9 Å². The summed E-state index contributed by atoms with van der Waals surface area (Å²) in [6.07, 6.45) is 1.27. The van der Waals surface area contributed by atoms with E-state index in [2.05, 4.69) is 10.6 Å². The number of carboxylic acid groups (broad SMARTS) is 1. The molecule has 6 heteroatoms. The van der Waals surface area contributed by atoms with Crippen LogP contribution in [0.25, 0.3) is 0 Å². The molecule has 0 saturated carbocycles. The lowest BCUT2D eigenvalue weighted by Crippen LogP contribution is -2.46. The van der Waals surface area contributed by atoms with Crippen molar-refractivity contribution >= 4 is 17.8 Å². The second kappa shape index (κ2) is 9.81. The Labute approximate surface area is 149 Å². The van der Waals surface area contributed by atoms with Gasteiger partial charge in [0.15, 0.2) is 0 Å². The average molecular weight is 348 g/mol. The van der Waals surface area contributed by atoms with Crippen LogP contribution in [0.15, 0.2) is 30.3 Å². The van der Waals surface area contributed by atoms with Gasteiger partial charge in [0, 0.05) is 25.4 Å². The van der Waals surface area contributed by atoms with Gasteiger partial charge in [-0.25, -0.2) is 0 Å². The van der Waals surface area contributed by atoms with Crippen molar-refractivity contribution < 1.29 is 19.5 Å². The molecule has 1 aromatic rings. The Kier molecular flexibility index (Phi) is 8.11. The number of benzene rings is 1. The van der Waals surface area contributed by atoms with Gasteiger partial charge in [-0.05, 0) is 32.3 Å². The minimum absolute atomic E-state index is 0.0276. The number of hydrogen-bond donors (Lipinski definition) is 3. The molecule has 3 N–H and O–H groups in total. The Morgan fingerprint density at radius 3 is 2.20 bits per heavy atom. The minimum atomic E-state index is -1.15. The Balaban J connectivity index is 2.59. The highest BCUT2D eigenvalue weighted by Gasteiger charge is 2.38. The maximum absolute atomic E-state index is 12.0. The summed E-state index contributed by atoms with van der Waals surface area (Å²) in [5, 5.41) is 15.2. The van der Waals surface area contributed by atoms with Crippen molar-refractivity contribution in [1.29, 1.82) is 0 Å². The second-order valence-corrected chi connectivity index (χ2v) is 6.46. The van der Waals surface area contributed by atoms with E-state index in [1.807, 2.05) is 19.9 Å². The lowest BCUT2D eigenvalue weighted by molar-refractivity contribution is -0.144. The topological polar surface area (TPSA) is 95.5 Å². The molecule has 0 spiro atoms. The Bertz CT molecular complexity index is 586. The summed E-state index contributed by atoms with van der Waals surface area (Å²) < 4.78 is 0. The Morgan fingerprint density at radius 2 is 1.68 bits per heavy atom. The second-order valence-electron chi connectivity index (χ2n) is 6.46. The van der Waals surface area contributed by atoms with E-state index in [1.165, 1.54) is 0 Å². The molecule has 0 aliphatic rings. The average Bonchev–Trinajstić information content (AvgIpc) is 2.56. The molecule has 0 aliphatic heterocycles. The highest BCUT2D eigenvalue weighted by atomic mass is 16.4. The van der Waals surface area contributed by atoms with Crippen LogP contribution in [0.2, 0.25) is 0 Å². The zero-order valence-corrected chi connectivity index (χ0v) is 15.2. The molecule has 0 heterocycles. The summed E-state index contributed by atoms with van der Waals surface area (Å²) in [4.78, 5) is 35.4. The molecule has 2 amide bonds. The van der Waals surface area contributed by atoms with Gasteiger partial charge in [0.25, 0.3) is 0 Å². The van der Waals surface area contributed by atoms with Crippen LogP contribution >= 0.6 is 0 Å². The van der Waals surface area contributed by atoms with Crippen molar-refractivity contribution in [3.63, 3.8) is 0 Å². The quantitative estimate of drug-likeness (QED) is 0.604. The van der Waals surface area contributed by atoms with Crippen LogP contribution in [-0.4, -0.2) is 35.5 Å². The van der Waals surface area contributed by atoms with Gasteiger partial charge in [-0.2, -0.15) is 0 Å². The first kappa shape index (κ1) is 20.7. The standard InChI is InChI=1S/C19H28N2O4/c1-4-19(18(24)25,15-9-6-5-7-10-15)13-20-16(22)11-8-12-17(23)21-14(2)3/h5-7,9-10,14H,4,8,11-13H2,1-3H3,(H,20,22)(H,21,23)(H,24,25). The van der Waals surface area contributed by atoms with E-state index >= 15 is 0 Å². The first-order chi connectivity index (χ1) is 11.8. The van der Waals surface area contributed by atoms with Crippen LogP contribution in [-0.2, 0) is 19.8 Å². The maximum atomic E-state index is 12.0. The summed E-state index contributed by atoms with van der Waals surface area (Å²) in [6.45, 7) is 5.58. The lowest BCUT2D eigenvalue weighted by atomic mass is 9.78. The number of carbonyl (C=O) groups excluding carboxylic acids is 2. The van der Waals surface area contributed by atoms with Gasteiger partial charge in [-0.3, -0.25) is 14.4 Å². The molecule has 1 rings (SSSR count). The van der Waals surface area contributed by atoms with Crippen LogP contribution in [0.3, 0.4) is 0 Å². The number of hydrogen-bond acceptors (Lipinski definition) is 3. The normalized spacial score (nSPS) is 13.1. The minimum Gasteiger partial charge on any atom is -0.481 e. The smallest absolute Gasteiger partial charge is 0.315 e. The first-order valence-electron chi connectivity index (χ1n) is 8.66. The van der Waals surface area contributed by atoms with E-state index in [-0.39, 0.29) is 37.2 Å². The molecular formula is C19H28N2O4. The van der Waals surface area contributed by atoms with Crippen LogP contribution in [0, 0.1) is 0 Å². The molecule has 1 atom stereocenters. The molecule has 6 nitrogen and oxygen atoms in total. The van der Waals surface area contributed by atoms with Gasteiger partial charge in [-0.1, -0.05) is 37.3 Å². The van der Waals surface area contributed by atoms with E-state index < -0.39 is 11.4 Å². The number of carbonyl (C=O) groups is 3. The molecule has 1 unspecified atom stereocenters. The highest BCUT2D eigenvalue weighted by Crippen LogP contribution is 2.27. The van der Waals surface area contributed by atoms with Crippen molar-refractivity contribution in [2.45, 2.75) is 57.9 Å². The summed E-state index contributed by atoms with van der Waals surface area (Å²) in [5.74, 6) is -1.29. The van der Waals surface area contributed by atoms with Gasteiger partial charge >= 0.3 is 5.97 Å². The SMILES string of the molecule is CCC(CNC(=O)CCCC(=O)NC(C)C)(C(=O)O)c1ccccc1. The Morgan fingerprint density at radius 1 is 1.08 bits per heavy atom. The maximum Gasteiger partial charge on any atom is 0.315 e. The third-order valence-corrected chi connectivity index (χ3v) is 4.18. The fourth-order valence-corrected chi connectivity index (χ4v) is 2.68. The number of rotatable bonds is 10. The van der Waals surface area contributed by atoms with Crippen LogP contribution in [0.5, 0.6) is 0 Å². The molecular weight excluding hydrogens is 320 g/mol. The Hall–Kier alpha value is -2.37.